The summed E-state index contributed by atoms with van der Waals surface area (Å²) >= 11 is 0. The molecule has 21 heavy (non-hydrogen) atoms. The van der Waals surface area contributed by atoms with Crippen molar-refractivity contribution in [2.75, 3.05) is 20.1 Å². The molecule has 120 valence electrons. The van der Waals surface area contributed by atoms with Gasteiger partial charge in [-0.05, 0) is 31.7 Å². The molecule has 0 spiro atoms. The highest BCUT2D eigenvalue weighted by Crippen LogP contribution is 2.22. The normalized spacial score (nSPS) is 20.2. The van der Waals surface area contributed by atoms with E-state index >= 15 is 0 Å². The summed E-state index contributed by atoms with van der Waals surface area (Å²) in [5, 5.41) is 8.05. The van der Waals surface area contributed by atoms with Crippen molar-refractivity contribution >= 4 is 32.5 Å². The van der Waals surface area contributed by atoms with Gasteiger partial charge < -0.3 is 5.32 Å². The summed E-state index contributed by atoms with van der Waals surface area (Å²) in [6, 6.07) is 5.23. The minimum absolute atomic E-state index is 0. The maximum atomic E-state index is 12.4. The first-order valence-electron chi connectivity index (χ1n) is 6.05. The average molecular weight is 356 g/mol. The summed E-state index contributed by atoms with van der Waals surface area (Å²) in [4.78, 5) is -0.260. The van der Waals surface area contributed by atoms with Crippen LogP contribution in [0.4, 0.5) is 0 Å². The molecule has 0 bridgehead atoms. The molecule has 1 aromatic rings. The molecule has 1 aliphatic heterocycles. The van der Waals surface area contributed by atoms with Crippen molar-refractivity contribution < 1.29 is 16.8 Å². The summed E-state index contributed by atoms with van der Waals surface area (Å²) in [6.07, 6.45) is 0.727. The molecule has 1 heterocycles. The monoisotopic (exact) mass is 355 g/mol. The van der Waals surface area contributed by atoms with Gasteiger partial charge in [-0.25, -0.2) is 22.0 Å². The van der Waals surface area contributed by atoms with Gasteiger partial charge in [0.05, 0.1) is 9.79 Å². The third-order valence-electron chi connectivity index (χ3n) is 3.33. The fourth-order valence-corrected chi connectivity index (χ4v) is 4.32. The van der Waals surface area contributed by atoms with E-state index in [4.69, 9.17) is 5.14 Å². The van der Waals surface area contributed by atoms with Crippen molar-refractivity contribution in [3.63, 3.8) is 0 Å². The maximum Gasteiger partial charge on any atom is 0.243 e. The van der Waals surface area contributed by atoms with Crippen molar-refractivity contribution in [1.82, 2.24) is 9.62 Å². The Morgan fingerprint density at radius 2 is 1.86 bits per heavy atom. The van der Waals surface area contributed by atoms with Gasteiger partial charge in [0.2, 0.25) is 20.0 Å². The molecule has 0 aliphatic carbocycles. The number of likely N-dealkylation sites (N-methyl/N-ethyl adjacent to an activating group) is 1. The van der Waals surface area contributed by atoms with Crippen LogP contribution in [0, 0.1) is 0 Å². The van der Waals surface area contributed by atoms with Crippen LogP contribution in [0.15, 0.2) is 34.1 Å². The maximum absolute atomic E-state index is 12.4. The number of nitrogens with zero attached hydrogens (tertiary/aromatic N) is 1. The van der Waals surface area contributed by atoms with Gasteiger partial charge in [0, 0.05) is 19.1 Å². The SMILES string of the molecule is CNC1CCN(S(=O)(=O)c2cccc(S(N)(=O)=O)c2)C1.Cl. The van der Waals surface area contributed by atoms with Crippen LogP contribution >= 0.6 is 12.4 Å². The van der Waals surface area contributed by atoms with E-state index in [2.05, 4.69) is 5.32 Å². The molecule has 1 saturated heterocycles. The number of sulfonamides is 2. The van der Waals surface area contributed by atoms with E-state index in [1.54, 1.807) is 7.05 Å². The predicted molar refractivity (Wildman–Crippen MR) is 81.3 cm³/mol. The summed E-state index contributed by atoms with van der Waals surface area (Å²) in [7, 11) is -5.83. The largest absolute Gasteiger partial charge is 0.316 e. The Labute approximate surface area is 131 Å². The molecule has 0 amide bonds. The van der Waals surface area contributed by atoms with Crippen LogP contribution in [-0.2, 0) is 20.0 Å². The number of rotatable bonds is 4. The molecule has 1 unspecified atom stereocenters. The van der Waals surface area contributed by atoms with E-state index < -0.39 is 20.0 Å². The van der Waals surface area contributed by atoms with Crippen LogP contribution in [0.3, 0.4) is 0 Å². The number of primary sulfonamides is 1. The lowest BCUT2D eigenvalue weighted by molar-refractivity contribution is 0.464. The van der Waals surface area contributed by atoms with Gasteiger partial charge in [0.25, 0.3) is 0 Å². The van der Waals surface area contributed by atoms with Crippen LogP contribution in [-0.4, -0.2) is 47.3 Å². The summed E-state index contributed by atoms with van der Waals surface area (Å²) < 4.78 is 48.8. The quantitative estimate of drug-likeness (QED) is 0.773. The molecule has 2 rings (SSSR count). The number of halogens is 1. The molecule has 1 aromatic carbocycles. The Morgan fingerprint density at radius 3 is 2.38 bits per heavy atom. The number of nitrogens with two attached hydrogens (primary N) is 1. The lowest BCUT2D eigenvalue weighted by Gasteiger charge is -2.16. The molecule has 1 aliphatic rings. The molecular formula is C11H18ClN3O4S2. The van der Waals surface area contributed by atoms with Gasteiger partial charge >= 0.3 is 0 Å². The highest BCUT2D eigenvalue weighted by atomic mass is 35.5. The standard InChI is InChI=1S/C11H17N3O4S2.ClH/c1-13-9-5-6-14(8-9)20(17,18)11-4-2-3-10(7-11)19(12,15)16;/h2-4,7,9,13H,5-6,8H2,1H3,(H2,12,15,16);1H. The molecule has 3 N–H and O–H groups in total. The Kier molecular flexibility index (Phi) is 5.76. The second-order valence-corrected chi connectivity index (χ2v) is 8.16. The zero-order chi connectivity index (χ0) is 15.0. The van der Waals surface area contributed by atoms with E-state index in [0.29, 0.717) is 13.1 Å². The average Bonchev–Trinajstić information content (AvgIpc) is 2.87. The first-order chi connectivity index (χ1) is 9.25. The zero-order valence-electron chi connectivity index (χ0n) is 11.4. The van der Waals surface area contributed by atoms with Crippen LogP contribution in [0.2, 0.25) is 0 Å². The number of hydrogen-bond acceptors (Lipinski definition) is 5. The molecule has 0 radical (unpaired) electrons. The number of nitrogens with one attached hydrogen (secondary N) is 1. The second-order valence-electron chi connectivity index (χ2n) is 4.66. The number of benzene rings is 1. The summed E-state index contributed by atoms with van der Waals surface area (Å²) in [6.45, 7) is 0.784. The molecule has 0 aromatic heterocycles. The van der Waals surface area contributed by atoms with Gasteiger partial charge in [-0.3, -0.25) is 0 Å². The highest BCUT2D eigenvalue weighted by Gasteiger charge is 2.32. The van der Waals surface area contributed by atoms with Crippen molar-refractivity contribution in [3.8, 4) is 0 Å². The van der Waals surface area contributed by atoms with E-state index in [9.17, 15) is 16.8 Å². The first kappa shape index (κ1) is 18.3. The van der Waals surface area contributed by atoms with Crippen molar-refractivity contribution in [3.05, 3.63) is 24.3 Å². The Bertz CT molecular complexity index is 706. The van der Waals surface area contributed by atoms with Crippen molar-refractivity contribution in [2.45, 2.75) is 22.3 Å². The van der Waals surface area contributed by atoms with E-state index in [1.807, 2.05) is 0 Å². The minimum atomic E-state index is -3.92. The van der Waals surface area contributed by atoms with Gasteiger partial charge in [-0.2, -0.15) is 4.31 Å². The predicted octanol–water partition coefficient (Wildman–Crippen LogP) is -0.262. The molecule has 1 fully saturated rings. The van der Waals surface area contributed by atoms with E-state index in [-0.39, 0.29) is 28.2 Å². The third-order valence-corrected chi connectivity index (χ3v) is 6.10. The zero-order valence-corrected chi connectivity index (χ0v) is 13.8. The van der Waals surface area contributed by atoms with Gasteiger partial charge in [0.1, 0.15) is 0 Å². The third kappa shape index (κ3) is 3.93. The van der Waals surface area contributed by atoms with Crippen molar-refractivity contribution in [2.24, 2.45) is 5.14 Å². The molecule has 1 atom stereocenters. The molecule has 0 saturated carbocycles. The van der Waals surface area contributed by atoms with Gasteiger partial charge in [0.15, 0.2) is 0 Å². The van der Waals surface area contributed by atoms with Gasteiger partial charge in [-0.15, -0.1) is 12.4 Å². The summed E-state index contributed by atoms with van der Waals surface area (Å²) in [5.41, 5.74) is 0. The minimum Gasteiger partial charge on any atom is -0.316 e. The Morgan fingerprint density at radius 1 is 1.24 bits per heavy atom. The van der Waals surface area contributed by atoms with E-state index in [1.165, 1.54) is 22.5 Å². The first-order valence-corrected chi connectivity index (χ1v) is 9.04. The fraction of sp³-hybridized carbons (Fsp3) is 0.455. The smallest absolute Gasteiger partial charge is 0.243 e. The van der Waals surface area contributed by atoms with Crippen LogP contribution in [0.25, 0.3) is 0 Å². The lowest BCUT2D eigenvalue weighted by Crippen LogP contribution is -2.33. The fourth-order valence-electron chi connectivity index (χ4n) is 2.14. The van der Waals surface area contributed by atoms with Crippen LogP contribution < -0.4 is 10.5 Å². The topological polar surface area (TPSA) is 110 Å². The van der Waals surface area contributed by atoms with E-state index in [0.717, 1.165) is 12.5 Å². The lowest BCUT2D eigenvalue weighted by atomic mass is 10.3. The van der Waals surface area contributed by atoms with Crippen LogP contribution in [0.5, 0.6) is 0 Å². The molecule has 7 nitrogen and oxygen atoms in total. The number of hydrogen-bond donors (Lipinski definition) is 2. The molecule has 10 heteroatoms. The van der Waals surface area contributed by atoms with Crippen LogP contribution in [0.1, 0.15) is 6.42 Å². The highest BCUT2D eigenvalue weighted by molar-refractivity contribution is 7.90. The molecular weight excluding hydrogens is 338 g/mol. The van der Waals surface area contributed by atoms with Crippen molar-refractivity contribution in [1.29, 1.82) is 0 Å². The Hall–Kier alpha value is -0.710. The second kappa shape index (κ2) is 6.59. The Balaban J connectivity index is 0.00000220. The van der Waals surface area contributed by atoms with Gasteiger partial charge in [-0.1, -0.05) is 6.07 Å². The summed E-state index contributed by atoms with van der Waals surface area (Å²) in [5.74, 6) is 0.